The minimum absolute atomic E-state index is 0.213. The summed E-state index contributed by atoms with van der Waals surface area (Å²) in [6.45, 7) is 3.99. The molecule has 1 heterocycles. The Kier molecular flexibility index (Phi) is 7.19. The molecule has 2 saturated carbocycles. The lowest BCUT2D eigenvalue weighted by atomic mass is 9.86. The molecule has 3 aliphatic rings. The molecule has 41 heavy (non-hydrogen) atoms. The van der Waals surface area contributed by atoms with Crippen molar-refractivity contribution in [3.05, 3.63) is 72.3 Å². The molecule has 0 spiro atoms. The lowest BCUT2D eigenvalue weighted by Gasteiger charge is -2.44. The van der Waals surface area contributed by atoms with E-state index in [1.807, 2.05) is 36.4 Å². The number of benzene rings is 3. The molecule has 0 bridgehead atoms. The van der Waals surface area contributed by atoms with Crippen molar-refractivity contribution in [1.82, 2.24) is 0 Å². The Bertz CT molecular complexity index is 1530. The fraction of sp³-hybridized carbons (Fsp3) is 0.367. The highest BCUT2D eigenvalue weighted by Crippen LogP contribution is 2.54. The van der Waals surface area contributed by atoms with Crippen LogP contribution < -0.4 is 14.4 Å². The van der Waals surface area contributed by atoms with Crippen LogP contribution in [0, 0.1) is 0 Å². The fourth-order valence-electron chi connectivity index (χ4n) is 5.79. The third-order valence-electron chi connectivity index (χ3n) is 8.13. The van der Waals surface area contributed by atoms with Gasteiger partial charge < -0.3 is 28.1 Å². The number of fused-ring (bicyclic) bond motifs is 2. The molecule has 0 saturated heterocycles. The van der Waals surface area contributed by atoms with Crippen LogP contribution in [-0.2, 0) is 20.2 Å². The standard InChI is InChI=1S/C30H29F3N3O4S/c1-34-22-5-4-7-24(28(22)37)36-23-6-2-3-8-26(23)39-27-14-9-19(17-25(27)36)29(15-16-29)18-35-41(38)21-12-10-20(11-13-21)40-30(31,32)33/h2-3,6,8-14,17,22,24,28,37H,1,4-5,7,15-16,18H2/q-1/t22-,24+,28+/m1/s1. The predicted octanol–water partition coefficient (Wildman–Crippen LogP) is 7.05. The van der Waals surface area contributed by atoms with Crippen LogP contribution in [0.3, 0.4) is 0 Å². The van der Waals surface area contributed by atoms with E-state index in [1.54, 1.807) is 0 Å². The molecule has 1 aliphatic heterocycles. The van der Waals surface area contributed by atoms with Gasteiger partial charge in [-0.2, -0.15) is 10.6 Å². The highest BCUT2D eigenvalue weighted by atomic mass is 32.2. The van der Waals surface area contributed by atoms with Crippen LogP contribution >= 0.6 is 0 Å². The number of aliphatic hydroxyl groups is 1. The van der Waals surface area contributed by atoms with E-state index in [0.29, 0.717) is 22.9 Å². The van der Waals surface area contributed by atoms with Gasteiger partial charge in [0, 0.05) is 12.0 Å². The van der Waals surface area contributed by atoms with Crippen LogP contribution in [0.25, 0.3) is 0 Å². The van der Waals surface area contributed by atoms with E-state index in [1.165, 1.54) is 12.1 Å². The Morgan fingerprint density at radius 2 is 1.78 bits per heavy atom. The topological polar surface area (TPSA) is 83.7 Å². The maximum atomic E-state index is 12.9. The largest absolute Gasteiger partial charge is 0.573 e. The van der Waals surface area contributed by atoms with E-state index in [2.05, 4.69) is 31.8 Å². The summed E-state index contributed by atoms with van der Waals surface area (Å²) in [6, 6.07) is 18.2. The Hall–Kier alpha value is -3.57. The van der Waals surface area contributed by atoms with Crippen molar-refractivity contribution in [2.75, 3.05) is 11.4 Å². The van der Waals surface area contributed by atoms with Crippen LogP contribution in [0.1, 0.15) is 37.7 Å². The predicted molar refractivity (Wildman–Crippen MR) is 150 cm³/mol. The van der Waals surface area contributed by atoms with Gasteiger partial charge in [-0.05, 0) is 80.8 Å². The van der Waals surface area contributed by atoms with Crippen molar-refractivity contribution in [3.63, 3.8) is 0 Å². The van der Waals surface area contributed by atoms with Gasteiger partial charge in [-0.3, -0.25) is 4.99 Å². The van der Waals surface area contributed by atoms with Gasteiger partial charge in [-0.15, -0.1) is 13.2 Å². The normalized spacial score (nSPS) is 23.6. The molecule has 6 rings (SSSR count). The van der Waals surface area contributed by atoms with Gasteiger partial charge in [0.05, 0.1) is 29.6 Å². The number of aliphatic hydroxyl groups excluding tert-OH is 1. The second kappa shape index (κ2) is 10.7. The quantitative estimate of drug-likeness (QED) is 0.238. The van der Waals surface area contributed by atoms with Gasteiger partial charge in [-0.25, -0.2) is 0 Å². The molecule has 3 atom stereocenters. The van der Waals surface area contributed by atoms with E-state index in [9.17, 15) is 22.5 Å². The van der Waals surface area contributed by atoms with Crippen molar-refractivity contribution >= 4 is 28.7 Å². The molecule has 3 aromatic rings. The molecule has 0 radical (unpaired) electrons. The SMILES string of the molecule is C=N[C@@H]1CCC[C@H](N2c3ccccc3Oc3ccc(C4(CN=[S-](=O)c5ccc(OC(F)(F)F)cc5)CC4)cc32)[C@H]1O. The smallest absolute Gasteiger partial charge is 0.453 e. The zero-order valence-electron chi connectivity index (χ0n) is 22.1. The minimum atomic E-state index is -4.79. The second-order valence-corrected chi connectivity index (χ2v) is 11.9. The Morgan fingerprint density at radius 1 is 1.05 bits per heavy atom. The first kappa shape index (κ1) is 27.6. The Labute approximate surface area is 237 Å². The third-order valence-corrected chi connectivity index (χ3v) is 9.17. The average Bonchev–Trinajstić information content (AvgIpc) is 3.75. The van der Waals surface area contributed by atoms with Crippen LogP contribution in [0.2, 0.25) is 0 Å². The van der Waals surface area contributed by atoms with Crippen molar-refractivity contribution in [3.8, 4) is 17.2 Å². The number of rotatable bonds is 7. The number of alkyl halides is 3. The summed E-state index contributed by atoms with van der Waals surface area (Å²) in [7, 11) is -1.74. The van der Waals surface area contributed by atoms with E-state index in [0.717, 1.165) is 61.2 Å². The summed E-state index contributed by atoms with van der Waals surface area (Å²) in [6.07, 6.45) is -1.27. The van der Waals surface area contributed by atoms with Gasteiger partial charge in [0.15, 0.2) is 11.5 Å². The monoisotopic (exact) mass is 584 g/mol. The lowest BCUT2D eigenvalue weighted by Crippen LogP contribution is -2.49. The molecule has 2 aliphatic carbocycles. The third kappa shape index (κ3) is 5.52. The maximum absolute atomic E-state index is 12.9. The first-order chi connectivity index (χ1) is 19.7. The summed E-state index contributed by atoms with van der Waals surface area (Å²) in [5.74, 6) is 1.02. The van der Waals surface area contributed by atoms with Crippen molar-refractivity contribution < 1.29 is 32.0 Å². The van der Waals surface area contributed by atoms with Crippen LogP contribution in [0.15, 0.2) is 81.0 Å². The summed E-state index contributed by atoms with van der Waals surface area (Å²) in [5, 5.41) is 11.3. The minimum Gasteiger partial charge on any atom is -0.453 e. The first-order valence-electron chi connectivity index (χ1n) is 13.5. The lowest BCUT2D eigenvalue weighted by molar-refractivity contribution is -0.274. The molecule has 11 heteroatoms. The summed E-state index contributed by atoms with van der Waals surface area (Å²) >= 11 is 0. The van der Waals surface area contributed by atoms with Crippen molar-refractivity contribution in [2.45, 2.75) is 67.0 Å². The summed E-state index contributed by atoms with van der Waals surface area (Å²) in [4.78, 5) is 6.64. The van der Waals surface area contributed by atoms with Gasteiger partial charge in [0.25, 0.3) is 0 Å². The highest BCUT2D eigenvalue weighted by Gasteiger charge is 2.45. The highest BCUT2D eigenvalue weighted by molar-refractivity contribution is 7.74. The molecule has 0 unspecified atom stereocenters. The molecule has 7 nitrogen and oxygen atoms in total. The number of hydrogen-bond acceptors (Lipinski definition) is 8. The van der Waals surface area contributed by atoms with E-state index >= 15 is 0 Å². The Balaban J connectivity index is 1.28. The second-order valence-electron chi connectivity index (χ2n) is 10.7. The van der Waals surface area contributed by atoms with Gasteiger partial charge >= 0.3 is 6.36 Å². The number of anilines is 2. The van der Waals surface area contributed by atoms with Crippen LogP contribution in [0.5, 0.6) is 17.2 Å². The number of hydrogen-bond donors (Lipinski definition) is 1. The molecule has 1 N–H and O–H groups in total. The molecule has 216 valence electrons. The van der Waals surface area contributed by atoms with Crippen molar-refractivity contribution in [1.29, 1.82) is 0 Å². The van der Waals surface area contributed by atoms with E-state index in [-0.39, 0.29) is 23.2 Å². The summed E-state index contributed by atoms with van der Waals surface area (Å²) < 4.78 is 64.8. The van der Waals surface area contributed by atoms with Gasteiger partial charge in [0.1, 0.15) is 5.75 Å². The van der Waals surface area contributed by atoms with Crippen molar-refractivity contribution in [2.24, 2.45) is 9.36 Å². The zero-order valence-corrected chi connectivity index (χ0v) is 22.9. The first-order valence-corrected chi connectivity index (χ1v) is 14.6. The number of ether oxygens (including phenoxy) is 2. The van der Waals surface area contributed by atoms with Crippen LogP contribution in [-0.4, -0.2) is 42.9 Å². The van der Waals surface area contributed by atoms with E-state index < -0.39 is 23.1 Å². The van der Waals surface area contributed by atoms with Crippen LogP contribution in [0.4, 0.5) is 24.5 Å². The van der Waals surface area contributed by atoms with E-state index in [4.69, 9.17) is 4.74 Å². The zero-order chi connectivity index (χ0) is 28.8. The summed E-state index contributed by atoms with van der Waals surface area (Å²) in [5.41, 5.74) is 2.45. The molecule has 0 aromatic heterocycles. The maximum Gasteiger partial charge on any atom is 0.573 e. The number of nitrogens with zero attached hydrogens (tertiary/aromatic N) is 3. The molecular formula is C30H29F3N3O4S-. The molecule has 0 amide bonds. The number of halogens is 3. The van der Waals surface area contributed by atoms with Gasteiger partial charge in [-0.1, -0.05) is 35.2 Å². The number of para-hydroxylation sites is 2. The average molecular weight is 585 g/mol. The molecule has 3 aromatic carbocycles. The number of aliphatic imine (C=N–C) groups is 1. The molecule has 2 fully saturated rings. The fourth-order valence-corrected chi connectivity index (χ4v) is 6.67. The van der Waals surface area contributed by atoms with Gasteiger partial charge in [0.2, 0.25) is 0 Å². The Morgan fingerprint density at radius 3 is 2.49 bits per heavy atom. The molecular weight excluding hydrogens is 555 g/mol.